The molecule has 3 rings (SSSR count). The molecule has 0 amide bonds. The number of hydrogen-bond acceptors (Lipinski definition) is 6. The quantitative estimate of drug-likeness (QED) is 0.510. The minimum Gasteiger partial charge on any atom is -0.383 e. The van der Waals surface area contributed by atoms with Crippen molar-refractivity contribution in [2.45, 2.75) is 0 Å². The summed E-state index contributed by atoms with van der Waals surface area (Å²) < 4.78 is 6.93. The number of nitrogens with zero attached hydrogens (tertiary/aromatic N) is 4. The van der Waals surface area contributed by atoms with E-state index in [9.17, 15) is 0 Å². The number of thiophene rings is 1. The molecular formula is C16H16N4OS2. The fourth-order valence-electron chi connectivity index (χ4n) is 1.92. The van der Waals surface area contributed by atoms with Crippen molar-refractivity contribution in [2.24, 2.45) is 10.1 Å². The number of aromatic nitrogens is 2. The second kappa shape index (κ2) is 7.96. The first-order valence-corrected chi connectivity index (χ1v) is 8.83. The SMILES string of the molecule is COCCN=c1scc(-c2cccs2)n1/N=C\c1ccccn1. The summed E-state index contributed by atoms with van der Waals surface area (Å²) in [6.45, 7) is 1.20. The molecule has 5 nitrogen and oxygen atoms in total. The maximum atomic E-state index is 5.07. The fourth-order valence-corrected chi connectivity index (χ4v) is 3.57. The molecule has 0 aromatic carbocycles. The van der Waals surface area contributed by atoms with E-state index in [4.69, 9.17) is 4.74 Å². The van der Waals surface area contributed by atoms with Crippen molar-refractivity contribution in [3.8, 4) is 10.6 Å². The summed E-state index contributed by atoms with van der Waals surface area (Å²) in [5.74, 6) is 0. The second-order valence-electron chi connectivity index (χ2n) is 4.57. The van der Waals surface area contributed by atoms with Gasteiger partial charge in [-0.3, -0.25) is 9.98 Å². The molecule has 0 spiro atoms. The molecule has 23 heavy (non-hydrogen) atoms. The normalized spacial score (nSPS) is 12.3. The molecule has 0 atom stereocenters. The Hall–Kier alpha value is -2.09. The summed E-state index contributed by atoms with van der Waals surface area (Å²) in [5, 5.41) is 8.72. The van der Waals surface area contributed by atoms with Crippen LogP contribution in [-0.4, -0.2) is 36.1 Å². The summed E-state index contributed by atoms with van der Waals surface area (Å²) in [6.07, 6.45) is 3.50. The van der Waals surface area contributed by atoms with Gasteiger partial charge in [-0.2, -0.15) is 5.10 Å². The zero-order chi connectivity index (χ0) is 15.9. The highest BCUT2D eigenvalue weighted by Gasteiger charge is 2.08. The van der Waals surface area contributed by atoms with E-state index in [1.54, 1.807) is 42.2 Å². The smallest absolute Gasteiger partial charge is 0.206 e. The van der Waals surface area contributed by atoms with Gasteiger partial charge < -0.3 is 4.74 Å². The van der Waals surface area contributed by atoms with Crippen molar-refractivity contribution in [2.75, 3.05) is 20.3 Å². The lowest BCUT2D eigenvalue weighted by Crippen LogP contribution is -2.13. The van der Waals surface area contributed by atoms with Crippen molar-refractivity contribution in [1.29, 1.82) is 0 Å². The van der Waals surface area contributed by atoms with E-state index >= 15 is 0 Å². The third kappa shape index (κ3) is 4.01. The van der Waals surface area contributed by atoms with Gasteiger partial charge in [0.1, 0.15) is 0 Å². The summed E-state index contributed by atoms with van der Waals surface area (Å²) in [4.78, 5) is 10.8. The third-order valence-electron chi connectivity index (χ3n) is 2.99. The van der Waals surface area contributed by atoms with Crippen LogP contribution in [0.4, 0.5) is 0 Å². The van der Waals surface area contributed by atoms with Gasteiger partial charge in [-0.05, 0) is 23.6 Å². The molecule has 0 unspecified atom stereocenters. The van der Waals surface area contributed by atoms with Crippen LogP contribution in [0, 0.1) is 0 Å². The van der Waals surface area contributed by atoms with Crippen LogP contribution in [0.3, 0.4) is 0 Å². The van der Waals surface area contributed by atoms with Gasteiger partial charge in [0.05, 0.1) is 35.6 Å². The molecule has 0 saturated carbocycles. The molecule has 0 aliphatic rings. The van der Waals surface area contributed by atoms with Crippen molar-refractivity contribution >= 4 is 28.9 Å². The summed E-state index contributed by atoms with van der Waals surface area (Å²) in [7, 11) is 1.67. The summed E-state index contributed by atoms with van der Waals surface area (Å²) >= 11 is 3.26. The van der Waals surface area contributed by atoms with Crippen molar-refractivity contribution < 1.29 is 4.74 Å². The molecule has 3 aromatic rings. The third-order valence-corrected chi connectivity index (χ3v) is 4.74. The number of rotatable bonds is 6. The standard InChI is InChI=1S/C16H16N4OS2/c1-21-9-8-18-16-20(19-11-13-5-2-3-7-17-13)14(12-23-16)15-6-4-10-22-15/h2-7,10-12H,8-9H2,1H3/b18-16?,19-11-. The largest absolute Gasteiger partial charge is 0.383 e. The molecule has 7 heteroatoms. The highest BCUT2D eigenvalue weighted by Crippen LogP contribution is 2.24. The van der Waals surface area contributed by atoms with Crippen LogP contribution < -0.4 is 4.80 Å². The average Bonchev–Trinajstić information content (AvgIpc) is 3.23. The minimum atomic E-state index is 0.593. The van der Waals surface area contributed by atoms with Crippen molar-refractivity contribution in [3.63, 3.8) is 0 Å². The van der Waals surface area contributed by atoms with E-state index < -0.39 is 0 Å². The monoisotopic (exact) mass is 344 g/mol. The second-order valence-corrected chi connectivity index (χ2v) is 6.35. The Balaban J connectivity index is 1.99. The van der Waals surface area contributed by atoms with Gasteiger partial charge in [-0.1, -0.05) is 12.1 Å². The Bertz CT molecular complexity index is 819. The van der Waals surface area contributed by atoms with Crippen LogP contribution >= 0.6 is 22.7 Å². The molecule has 3 aromatic heterocycles. The highest BCUT2D eigenvalue weighted by molar-refractivity contribution is 7.14. The van der Waals surface area contributed by atoms with Gasteiger partial charge in [0.25, 0.3) is 0 Å². The maximum Gasteiger partial charge on any atom is 0.206 e. The Morgan fingerprint density at radius 3 is 2.96 bits per heavy atom. The van der Waals surface area contributed by atoms with Gasteiger partial charge in [-0.25, -0.2) is 4.68 Å². The van der Waals surface area contributed by atoms with Gasteiger partial charge in [-0.15, -0.1) is 22.7 Å². The summed E-state index contributed by atoms with van der Waals surface area (Å²) in [5.41, 5.74) is 1.85. The number of hydrogen-bond donors (Lipinski definition) is 0. The van der Waals surface area contributed by atoms with Crippen molar-refractivity contribution in [3.05, 3.63) is 57.8 Å². The van der Waals surface area contributed by atoms with Gasteiger partial charge in [0, 0.05) is 18.7 Å². The van der Waals surface area contributed by atoms with Crippen LogP contribution in [0.2, 0.25) is 0 Å². The van der Waals surface area contributed by atoms with E-state index in [1.807, 2.05) is 28.9 Å². The van der Waals surface area contributed by atoms with Gasteiger partial charge in [0.2, 0.25) is 4.80 Å². The molecule has 0 N–H and O–H groups in total. The number of pyridine rings is 1. The van der Waals surface area contributed by atoms with Gasteiger partial charge in [0.15, 0.2) is 0 Å². The zero-order valence-electron chi connectivity index (χ0n) is 12.6. The van der Waals surface area contributed by atoms with Crippen LogP contribution in [0.15, 0.2) is 57.4 Å². The topological polar surface area (TPSA) is 51.8 Å². The predicted molar refractivity (Wildman–Crippen MR) is 95.2 cm³/mol. The molecule has 3 heterocycles. The first-order valence-electron chi connectivity index (χ1n) is 7.07. The minimum absolute atomic E-state index is 0.593. The maximum absolute atomic E-state index is 5.07. The van der Waals surface area contributed by atoms with Gasteiger partial charge >= 0.3 is 0 Å². The first-order chi connectivity index (χ1) is 11.4. The van der Waals surface area contributed by atoms with Crippen LogP contribution in [-0.2, 0) is 4.74 Å². The van der Waals surface area contributed by atoms with E-state index in [-0.39, 0.29) is 0 Å². The Morgan fingerprint density at radius 1 is 1.26 bits per heavy atom. The zero-order valence-corrected chi connectivity index (χ0v) is 14.3. The Morgan fingerprint density at radius 2 is 2.22 bits per heavy atom. The molecule has 0 aliphatic carbocycles. The molecule has 0 saturated heterocycles. The molecule has 0 bridgehead atoms. The van der Waals surface area contributed by atoms with Crippen molar-refractivity contribution in [1.82, 2.24) is 9.66 Å². The lowest BCUT2D eigenvalue weighted by Gasteiger charge is -2.00. The molecule has 118 valence electrons. The average molecular weight is 344 g/mol. The number of ether oxygens (including phenoxy) is 1. The highest BCUT2D eigenvalue weighted by atomic mass is 32.1. The van der Waals surface area contributed by atoms with E-state index in [1.165, 1.54) is 0 Å². The fraction of sp³-hybridized carbons (Fsp3) is 0.188. The lowest BCUT2D eigenvalue weighted by molar-refractivity contribution is 0.207. The van der Waals surface area contributed by atoms with Crippen LogP contribution in [0.1, 0.15) is 5.69 Å². The van der Waals surface area contributed by atoms with E-state index in [2.05, 4.69) is 31.9 Å². The summed E-state index contributed by atoms with van der Waals surface area (Å²) in [6, 6.07) is 9.86. The predicted octanol–water partition coefficient (Wildman–Crippen LogP) is 3.10. The van der Waals surface area contributed by atoms with E-state index in [0.29, 0.717) is 13.2 Å². The number of thiazole rings is 1. The number of methoxy groups -OCH3 is 1. The first kappa shape index (κ1) is 15.8. The Labute approximate surface area is 142 Å². The van der Waals surface area contributed by atoms with Crippen LogP contribution in [0.25, 0.3) is 10.6 Å². The Kier molecular flexibility index (Phi) is 5.46. The van der Waals surface area contributed by atoms with Crippen LogP contribution in [0.5, 0.6) is 0 Å². The lowest BCUT2D eigenvalue weighted by atomic mass is 10.4. The molecule has 0 fully saturated rings. The molecule has 0 radical (unpaired) electrons. The molecule has 0 aliphatic heterocycles. The van der Waals surface area contributed by atoms with E-state index in [0.717, 1.165) is 21.1 Å². The molecular weight excluding hydrogens is 328 g/mol.